The summed E-state index contributed by atoms with van der Waals surface area (Å²) in [5.74, 6) is 0.283. The molecule has 2 nitrogen and oxygen atoms in total. The molecular weight excluding hydrogens is 180 g/mol. The maximum atomic E-state index is 7.27. The molecule has 1 heterocycles. The Hall–Kier alpha value is -0.830. The molecule has 0 fully saturated rings. The SMILES string of the molecule is N=C(N)Cc1csc2c1CCCC2. The van der Waals surface area contributed by atoms with Gasteiger partial charge in [0.05, 0.1) is 5.84 Å². The highest BCUT2D eigenvalue weighted by Gasteiger charge is 2.15. The molecule has 0 saturated heterocycles. The van der Waals surface area contributed by atoms with Crippen LogP contribution in [0.3, 0.4) is 0 Å². The quantitative estimate of drug-likeness (QED) is 0.550. The lowest BCUT2D eigenvalue weighted by Crippen LogP contribution is -2.14. The average Bonchev–Trinajstić information content (AvgIpc) is 2.48. The van der Waals surface area contributed by atoms with Crippen LogP contribution in [-0.4, -0.2) is 5.84 Å². The van der Waals surface area contributed by atoms with E-state index in [1.807, 2.05) is 11.3 Å². The predicted octanol–water partition coefficient (Wildman–Crippen LogP) is 2.11. The van der Waals surface area contributed by atoms with Gasteiger partial charge in [-0.05, 0) is 42.2 Å². The summed E-state index contributed by atoms with van der Waals surface area (Å²) in [4.78, 5) is 1.53. The zero-order chi connectivity index (χ0) is 9.26. The number of nitrogens with one attached hydrogen (secondary N) is 1. The molecule has 3 N–H and O–H groups in total. The van der Waals surface area contributed by atoms with Crippen LogP contribution in [-0.2, 0) is 19.3 Å². The van der Waals surface area contributed by atoms with Crippen molar-refractivity contribution in [3.63, 3.8) is 0 Å². The minimum atomic E-state index is 0.283. The van der Waals surface area contributed by atoms with Gasteiger partial charge >= 0.3 is 0 Å². The fraction of sp³-hybridized carbons (Fsp3) is 0.500. The van der Waals surface area contributed by atoms with Crippen LogP contribution in [0, 0.1) is 5.41 Å². The number of rotatable bonds is 2. The molecule has 0 bridgehead atoms. The number of fused-ring (bicyclic) bond motifs is 1. The standard InChI is InChI=1S/C10H14N2S/c11-10(12)5-7-6-13-9-4-2-1-3-8(7)9/h6H,1-5H2,(H3,11,12). The van der Waals surface area contributed by atoms with Crippen molar-refractivity contribution < 1.29 is 0 Å². The summed E-state index contributed by atoms with van der Waals surface area (Å²) in [7, 11) is 0. The number of aryl methyl sites for hydroxylation is 1. The minimum Gasteiger partial charge on any atom is -0.387 e. The molecule has 13 heavy (non-hydrogen) atoms. The van der Waals surface area contributed by atoms with Gasteiger partial charge < -0.3 is 5.73 Å². The maximum absolute atomic E-state index is 7.27. The molecule has 70 valence electrons. The number of nitrogens with two attached hydrogens (primary N) is 1. The molecule has 1 aromatic rings. The summed E-state index contributed by atoms with van der Waals surface area (Å²) >= 11 is 1.84. The third-order valence-electron chi connectivity index (χ3n) is 2.53. The summed E-state index contributed by atoms with van der Waals surface area (Å²) in [6.45, 7) is 0. The van der Waals surface area contributed by atoms with Gasteiger partial charge in [-0.3, -0.25) is 5.41 Å². The van der Waals surface area contributed by atoms with Crippen molar-refractivity contribution in [1.82, 2.24) is 0 Å². The van der Waals surface area contributed by atoms with Gasteiger partial charge in [-0.1, -0.05) is 0 Å². The second kappa shape index (κ2) is 3.50. The molecule has 1 aliphatic rings. The largest absolute Gasteiger partial charge is 0.387 e. The molecule has 0 atom stereocenters. The van der Waals surface area contributed by atoms with E-state index in [4.69, 9.17) is 11.1 Å². The molecule has 1 aromatic heterocycles. The van der Waals surface area contributed by atoms with Crippen LogP contribution in [0.15, 0.2) is 5.38 Å². The smallest absolute Gasteiger partial charge is 0.0950 e. The molecule has 0 unspecified atom stereocenters. The fourth-order valence-corrected chi connectivity index (χ4v) is 3.06. The summed E-state index contributed by atoms with van der Waals surface area (Å²) < 4.78 is 0. The normalized spacial score (nSPS) is 15.4. The number of amidine groups is 1. The first-order valence-corrected chi connectivity index (χ1v) is 5.56. The lowest BCUT2D eigenvalue weighted by Gasteiger charge is -2.12. The maximum Gasteiger partial charge on any atom is 0.0950 e. The average molecular weight is 194 g/mol. The summed E-state index contributed by atoms with van der Waals surface area (Å²) in [5, 5.41) is 9.45. The summed E-state index contributed by atoms with van der Waals surface area (Å²) in [6.07, 6.45) is 5.70. The number of hydrogen-bond acceptors (Lipinski definition) is 2. The molecule has 1 aliphatic carbocycles. The lowest BCUT2D eigenvalue weighted by atomic mass is 9.95. The van der Waals surface area contributed by atoms with Crippen LogP contribution >= 0.6 is 11.3 Å². The van der Waals surface area contributed by atoms with Crippen LogP contribution in [0.1, 0.15) is 28.8 Å². The second-order valence-electron chi connectivity index (χ2n) is 3.57. The van der Waals surface area contributed by atoms with Crippen molar-refractivity contribution in [3.05, 3.63) is 21.4 Å². The van der Waals surface area contributed by atoms with E-state index in [1.165, 1.54) is 41.7 Å². The van der Waals surface area contributed by atoms with Crippen LogP contribution in [0.25, 0.3) is 0 Å². The Labute approximate surface area is 82.3 Å². The Balaban J connectivity index is 2.26. The van der Waals surface area contributed by atoms with E-state index in [9.17, 15) is 0 Å². The van der Waals surface area contributed by atoms with Gasteiger partial charge in [0, 0.05) is 11.3 Å². The molecule has 3 heteroatoms. The monoisotopic (exact) mass is 194 g/mol. The van der Waals surface area contributed by atoms with E-state index >= 15 is 0 Å². The first kappa shape index (κ1) is 8.75. The van der Waals surface area contributed by atoms with Gasteiger partial charge in [0.2, 0.25) is 0 Å². The van der Waals surface area contributed by atoms with Crippen molar-refractivity contribution in [2.24, 2.45) is 5.73 Å². The van der Waals surface area contributed by atoms with Crippen molar-refractivity contribution in [2.45, 2.75) is 32.1 Å². The third kappa shape index (κ3) is 1.75. The van der Waals surface area contributed by atoms with E-state index in [0.717, 1.165) is 0 Å². The van der Waals surface area contributed by atoms with Crippen molar-refractivity contribution >= 4 is 17.2 Å². The fourth-order valence-electron chi connectivity index (χ4n) is 1.91. The van der Waals surface area contributed by atoms with E-state index in [2.05, 4.69) is 5.38 Å². The summed E-state index contributed by atoms with van der Waals surface area (Å²) in [5.41, 5.74) is 8.20. The molecule has 0 radical (unpaired) electrons. The van der Waals surface area contributed by atoms with Gasteiger partial charge in [0.25, 0.3) is 0 Å². The third-order valence-corrected chi connectivity index (χ3v) is 3.67. The molecule has 0 aliphatic heterocycles. The Bertz CT molecular complexity index is 328. The molecule has 0 saturated carbocycles. The Morgan fingerprint density at radius 2 is 2.23 bits per heavy atom. The lowest BCUT2D eigenvalue weighted by molar-refractivity contribution is 0.693. The Morgan fingerprint density at radius 3 is 3.00 bits per heavy atom. The van der Waals surface area contributed by atoms with Gasteiger partial charge in [-0.2, -0.15) is 0 Å². The first-order chi connectivity index (χ1) is 6.27. The van der Waals surface area contributed by atoms with Gasteiger partial charge in [0.15, 0.2) is 0 Å². The molecular formula is C10H14N2S. The zero-order valence-corrected chi connectivity index (χ0v) is 8.41. The zero-order valence-electron chi connectivity index (χ0n) is 7.60. The van der Waals surface area contributed by atoms with Crippen LogP contribution in [0.5, 0.6) is 0 Å². The Morgan fingerprint density at radius 1 is 1.46 bits per heavy atom. The first-order valence-electron chi connectivity index (χ1n) is 4.68. The van der Waals surface area contributed by atoms with Gasteiger partial charge in [-0.25, -0.2) is 0 Å². The van der Waals surface area contributed by atoms with Gasteiger partial charge in [-0.15, -0.1) is 11.3 Å². The number of hydrogen-bond donors (Lipinski definition) is 2. The van der Waals surface area contributed by atoms with Crippen molar-refractivity contribution in [3.8, 4) is 0 Å². The predicted molar refractivity (Wildman–Crippen MR) is 56.6 cm³/mol. The van der Waals surface area contributed by atoms with Crippen LogP contribution in [0.2, 0.25) is 0 Å². The van der Waals surface area contributed by atoms with Crippen LogP contribution in [0.4, 0.5) is 0 Å². The highest BCUT2D eigenvalue weighted by atomic mass is 32.1. The molecule has 2 rings (SSSR count). The topological polar surface area (TPSA) is 49.9 Å². The van der Waals surface area contributed by atoms with E-state index in [1.54, 1.807) is 0 Å². The highest BCUT2D eigenvalue weighted by molar-refractivity contribution is 7.10. The van der Waals surface area contributed by atoms with Crippen molar-refractivity contribution in [1.29, 1.82) is 5.41 Å². The van der Waals surface area contributed by atoms with Gasteiger partial charge in [0.1, 0.15) is 0 Å². The molecule has 0 spiro atoms. The van der Waals surface area contributed by atoms with Crippen LogP contribution < -0.4 is 5.73 Å². The molecule has 0 amide bonds. The van der Waals surface area contributed by atoms with E-state index in [-0.39, 0.29) is 5.84 Å². The van der Waals surface area contributed by atoms with E-state index in [0.29, 0.717) is 6.42 Å². The highest BCUT2D eigenvalue weighted by Crippen LogP contribution is 2.30. The van der Waals surface area contributed by atoms with Crippen molar-refractivity contribution in [2.75, 3.05) is 0 Å². The van der Waals surface area contributed by atoms with E-state index < -0.39 is 0 Å². The second-order valence-corrected chi connectivity index (χ2v) is 4.54. The summed E-state index contributed by atoms with van der Waals surface area (Å²) in [6, 6.07) is 0. The number of thiophene rings is 1. The minimum absolute atomic E-state index is 0.283. The Kier molecular flexibility index (Phi) is 2.36. The molecule has 0 aromatic carbocycles.